The van der Waals surface area contributed by atoms with Crippen molar-refractivity contribution in [3.05, 3.63) is 72.8 Å². The van der Waals surface area contributed by atoms with E-state index in [1.165, 1.54) is 13.3 Å². The average molecular weight is 624 g/mol. The maximum absolute atomic E-state index is 13.8. The Morgan fingerprint density at radius 3 is 2.48 bits per heavy atom. The zero-order valence-corrected chi connectivity index (χ0v) is 25.9. The van der Waals surface area contributed by atoms with Gasteiger partial charge in [-0.3, -0.25) is 9.69 Å². The zero-order chi connectivity index (χ0) is 32.1. The minimum atomic E-state index is -0.186. The van der Waals surface area contributed by atoms with Crippen molar-refractivity contribution in [2.75, 3.05) is 49.0 Å². The summed E-state index contributed by atoms with van der Waals surface area (Å²) in [5.74, 6) is 1.89. The summed E-state index contributed by atoms with van der Waals surface area (Å²) in [4.78, 5) is 37.4. The van der Waals surface area contributed by atoms with Crippen LogP contribution in [0.4, 0.5) is 17.6 Å². The Morgan fingerprint density at radius 2 is 1.83 bits per heavy atom. The average Bonchev–Trinajstić information content (AvgIpc) is 3.08. The van der Waals surface area contributed by atoms with Crippen LogP contribution in [-0.4, -0.2) is 76.4 Å². The highest BCUT2D eigenvalue weighted by Crippen LogP contribution is 2.25. The van der Waals surface area contributed by atoms with Gasteiger partial charge in [0.2, 0.25) is 5.95 Å². The highest BCUT2D eigenvalue weighted by molar-refractivity contribution is 5.94. The van der Waals surface area contributed by atoms with Gasteiger partial charge in [-0.15, -0.1) is 0 Å². The largest absolute Gasteiger partial charge is 0.484 e. The van der Waals surface area contributed by atoms with E-state index < -0.39 is 0 Å². The van der Waals surface area contributed by atoms with Gasteiger partial charge >= 0.3 is 6.01 Å². The lowest BCUT2D eigenvalue weighted by Crippen LogP contribution is -2.44. The fourth-order valence-electron chi connectivity index (χ4n) is 4.96. The van der Waals surface area contributed by atoms with Gasteiger partial charge in [0.25, 0.3) is 5.91 Å². The number of amides is 1. The third-order valence-corrected chi connectivity index (χ3v) is 7.39. The first kappa shape index (κ1) is 32.1. The second-order valence-corrected chi connectivity index (χ2v) is 10.7. The van der Waals surface area contributed by atoms with E-state index in [-0.39, 0.29) is 30.6 Å². The molecule has 1 amide bonds. The Balaban J connectivity index is 1.29. The van der Waals surface area contributed by atoms with E-state index in [4.69, 9.17) is 19.2 Å². The highest BCUT2D eigenvalue weighted by atomic mass is 16.5. The normalized spacial score (nSPS) is 13.2. The molecule has 1 aliphatic heterocycles. The molecule has 0 unspecified atom stereocenters. The van der Waals surface area contributed by atoms with Crippen LogP contribution >= 0.6 is 0 Å². The number of para-hydroxylation sites is 1. The number of benzene rings is 1. The number of rotatable bonds is 16. The number of hydrogen-bond donors (Lipinski definition) is 2. The molecule has 1 aliphatic rings. The van der Waals surface area contributed by atoms with Gasteiger partial charge in [0, 0.05) is 42.3 Å². The fourth-order valence-corrected chi connectivity index (χ4v) is 4.96. The quantitative estimate of drug-likeness (QED) is 0.169. The minimum Gasteiger partial charge on any atom is -0.484 e. The topological polar surface area (TPSA) is 160 Å². The van der Waals surface area contributed by atoms with Gasteiger partial charge in [-0.2, -0.15) is 10.2 Å². The molecule has 0 bridgehead atoms. The molecule has 5 rings (SSSR count). The Bertz CT molecular complexity index is 1590. The maximum Gasteiger partial charge on any atom is 0.316 e. The van der Waals surface area contributed by atoms with Gasteiger partial charge in [-0.25, -0.2) is 19.9 Å². The third-order valence-electron chi connectivity index (χ3n) is 7.39. The molecular weight excluding hydrogens is 586 g/mol. The lowest BCUT2D eigenvalue weighted by Gasteiger charge is -2.31. The number of aromatic nitrogens is 5. The number of hydrogen-bond acceptors (Lipinski definition) is 12. The molecule has 0 spiro atoms. The summed E-state index contributed by atoms with van der Waals surface area (Å²) in [6.45, 7) is 3.70. The van der Waals surface area contributed by atoms with Crippen LogP contribution in [-0.2, 0) is 9.53 Å². The molecule has 0 saturated carbocycles. The van der Waals surface area contributed by atoms with Crippen molar-refractivity contribution in [3.8, 4) is 29.0 Å². The molecule has 4 heterocycles. The van der Waals surface area contributed by atoms with Crippen molar-refractivity contribution in [1.82, 2.24) is 24.9 Å². The summed E-state index contributed by atoms with van der Waals surface area (Å²) in [6, 6.07) is 15.4. The molecular formula is C33H37N9O4. The lowest BCUT2D eigenvalue weighted by molar-refractivity contribution is -0.121. The molecule has 238 valence electrons. The van der Waals surface area contributed by atoms with Crippen LogP contribution in [0.1, 0.15) is 38.2 Å². The summed E-state index contributed by atoms with van der Waals surface area (Å²) in [6.07, 6.45) is 9.66. The summed E-state index contributed by atoms with van der Waals surface area (Å²) >= 11 is 0. The van der Waals surface area contributed by atoms with Crippen LogP contribution in [0.3, 0.4) is 0 Å². The van der Waals surface area contributed by atoms with Crippen LogP contribution < -0.4 is 25.0 Å². The molecule has 1 saturated heterocycles. The standard InChI is InChI=1S/C33H37N9O4/c1-3-8-27(9-7-14-35-32-37-17-24(15-34)31(41-32)40-26-20-45-21-26)42(30(43)22-46-28-10-5-4-6-11-28)29-13-12-23(16-36-29)25-18-38-33(44-2)39-19-25/h4-6,10-13,16-19,26-27H,3,7-9,14,20-22H2,1-2H3,(H2,35,37,40,41)/t27-/m0/s1. The number of nitrogens with one attached hydrogen (secondary N) is 2. The Labute approximate surface area is 268 Å². The first-order valence-corrected chi connectivity index (χ1v) is 15.3. The van der Waals surface area contributed by atoms with E-state index in [9.17, 15) is 10.1 Å². The molecule has 13 heteroatoms. The summed E-state index contributed by atoms with van der Waals surface area (Å²) < 4.78 is 16.1. The van der Waals surface area contributed by atoms with Crippen LogP contribution in [0.5, 0.6) is 11.8 Å². The second-order valence-electron chi connectivity index (χ2n) is 10.7. The molecule has 3 aromatic heterocycles. The van der Waals surface area contributed by atoms with Crippen molar-refractivity contribution in [3.63, 3.8) is 0 Å². The SMILES string of the molecule is CCC[C@@H](CCCNc1ncc(C#N)c(NC2COC2)n1)N(C(=O)COc1ccccc1)c1ccc(-c2cnc(OC)nc2)cn1. The van der Waals surface area contributed by atoms with E-state index in [0.29, 0.717) is 55.1 Å². The number of carbonyl (C=O) groups is 1. The van der Waals surface area contributed by atoms with Crippen molar-refractivity contribution >= 4 is 23.5 Å². The molecule has 1 aromatic carbocycles. The van der Waals surface area contributed by atoms with Gasteiger partial charge in [-0.05, 0) is 43.5 Å². The summed E-state index contributed by atoms with van der Waals surface area (Å²) in [5.41, 5.74) is 1.98. The Hall–Kier alpha value is -5.35. The minimum absolute atomic E-state index is 0.126. The fraction of sp³-hybridized carbons (Fsp3) is 0.364. The number of nitrogens with zero attached hydrogens (tertiary/aromatic N) is 7. The van der Waals surface area contributed by atoms with Crippen LogP contribution in [0.2, 0.25) is 0 Å². The smallest absolute Gasteiger partial charge is 0.316 e. The lowest BCUT2D eigenvalue weighted by atomic mass is 10.0. The van der Waals surface area contributed by atoms with Crippen molar-refractivity contribution in [2.45, 2.75) is 44.7 Å². The van der Waals surface area contributed by atoms with E-state index in [0.717, 1.165) is 30.4 Å². The zero-order valence-electron chi connectivity index (χ0n) is 25.9. The number of pyridine rings is 1. The highest BCUT2D eigenvalue weighted by Gasteiger charge is 2.26. The molecule has 46 heavy (non-hydrogen) atoms. The first-order chi connectivity index (χ1) is 22.6. The number of nitriles is 1. The van der Waals surface area contributed by atoms with Gasteiger partial charge in [0.1, 0.15) is 29.0 Å². The number of carbonyl (C=O) groups excluding carboxylic acids is 1. The van der Waals surface area contributed by atoms with Crippen molar-refractivity contribution in [1.29, 1.82) is 5.26 Å². The molecule has 0 radical (unpaired) electrons. The van der Waals surface area contributed by atoms with E-state index in [1.54, 1.807) is 23.5 Å². The van der Waals surface area contributed by atoms with Gasteiger partial charge in [0.05, 0.1) is 32.6 Å². The van der Waals surface area contributed by atoms with Gasteiger partial charge in [0.15, 0.2) is 6.61 Å². The van der Waals surface area contributed by atoms with Crippen molar-refractivity contribution < 1.29 is 19.0 Å². The van der Waals surface area contributed by atoms with Crippen LogP contribution in [0, 0.1) is 11.3 Å². The van der Waals surface area contributed by atoms with E-state index in [2.05, 4.69) is 43.6 Å². The predicted octanol–water partition coefficient (Wildman–Crippen LogP) is 4.49. The summed E-state index contributed by atoms with van der Waals surface area (Å²) in [7, 11) is 1.52. The first-order valence-electron chi connectivity index (χ1n) is 15.3. The van der Waals surface area contributed by atoms with Crippen molar-refractivity contribution in [2.24, 2.45) is 0 Å². The molecule has 0 aliphatic carbocycles. The number of ether oxygens (including phenoxy) is 3. The third kappa shape index (κ3) is 8.42. The molecule has 13 nitrogen and oxygen atoms in total. The van der Waals surface area contributed by atoms with Crippen LogP contribution in [0.15, 0.2) is 67.3 Å². The predicted molar refractivity (Wildman–Crippen MR) is 173 cm³/mol. The maximum atomic E-state index is 13.8. The van der Waals surface area contributed by atoms with Gasteiger partial charge in [-0.1, -0.05) is 31.5 Å². The molecule has 4 aromatic rings. The molecule has 2 N–H and O–H groups in total. The Kier molecular flexibility index (Phi) is 11.2. The molecule has 1 atom stereocenters. The van der Waals surface area contributed by atoms with E-state index in [1.807, 2.05) is 42.5 Å². The number of methoxy groups -OCH3 is 1. The summed E-state index contributed by atoms with van der Waals surface area (Å²) in [5, 5.41) is 15.9. The monoisotopic (exact) mass is 623 g/mol. The Morgan fingerprint density at radius 1 is 1.04 bits per heavy atom. The van der Waals surface area contributed by atoms with E-state index >= 15 is 0 Å². The van der Waals surface area contributed by atoms with Gasteiger partial charge < -0.3 is 24.8 Å². The number of anilines is 3. The second kappa shape index (κ2) is 16.1. The molecule has 1 fully saturated rings. The van der Waals surface area contributed by atoms with Crippen LogP contribution in [0.25, 0.3) is 11.1 Å².